The molecule has 0 aromatic rings. The first-order valence-corrected chi connectivity index (χ1v) is 3.62. The number of rotatable bonds is 1. The monoisotopic (exact) mass is 192 g/mol. The van der Waals surface area contributed by atoms with Gasteiger partial charge in [-0.3, -0.25) is 4.79 Å². The maximum absolute atomic E-state index is 10.5. The fourth-order valence-corrected chi connectivity index (χ4v) is 1.65. The molecular weight excluding hydrogens is 184 g/mol. The lowest BCUT2D eigenvalue weighted by molar-refractivity contribution is -0.142. The Hall–Kier alpha value is -0.0500. The normalized spacial score (nSPS) is 48.8. The molecule has 0 heterocycles. The van der Waals surface area contributed by atoms with Crippen LogP contribution in [0, 0.1) is 5.41 Å². The summed E-state index contributed by atoms with van der Waals surface area (Å²) in [6.07, 6.45) is 0.731. The van der Waals surface area contributed by atoms with Crippen LogP contribution in [-0.4, -0.2) is 15.4 Å². The molecular formula is C6H9BrO2. The van der Waals surface area contributed by atoms with Crippen LogP contribution in [0.5, 0.6) is 0 Å². The highest BCUT2D eigenvalue weighted by Crippen LogP contribution is 2.61. The Morgan fingerprint density at radius 2 is 2.00 bits per heavy atom. The Labute approximate surface area is 62.4 Å². The molecule has 2 atom stereocenters. The standard InChI is InChI=1S/C6H9BrO2/c1-5(4(8)9)3-6(5,2)7/h3H2,1-2H3,(H,8,9)/t5-,6-/m1/s1. The van der Waals surface area contributed by atoms with Gasteiger partial charge in [-0.05, 0) is 20.3 Å². The van der Waals surface area contributed by atoms with Gasteiger partial charge in [0.25, 0.3) is 0 Å². The summed E-state index contributed by atoms with van der Waals surface area (Å²) in [6.45, 7) is 3.66. The third-order valence-electron chi connectivity index (χ3n) is 2.18. The second-order valence-electron chi connectivity index (χ2n) is 3.01. The Kier molecular flexibility index (Phi) is 1.18. The van der Waals surface area contributed by atoms with Crippen LogP contribution < -0.4 is 0 Å². The van der Waals surface area contributed by atoms with Gasteiger partial charge in [0.2, 0.25) is 0 Å². The molecule has 0 aliphatic heterocycles. The SMILES string of the molecule is C[C@@]1(Br)C[C@]1(C)C(=O)O. The minimum Gasteiger partial charge on any atom is -0.481 e. The highest BCUT2D eigenvalue weighted by atomic mass is 79.9. The minimum atomic E-state index is -0.707. The second-order valence-corrected chi connectivity index (χ2v) is 4.76. The smallest absolute Gasteiger partial charge is 0.310 e. The van der Waals surface area contributed by atoms with Gasteiger partial charge in [-0.15, -0.1) is 0 Å². The van der Waals surface area contributed by atoms with Crippen LogP contribution in [0.3, 0.4) is 0 Å². The summed E-state index contributed by atoms with van der Waals surface area (Å²) in [7, 11) is 0. The lowest BCUT2D eigenvalue weighted by atomic mass is 10.1. The van der Waals surface area contributed by atoms with Gasteiger partial charge in [0, 0.05) is 4.32 Å². The summed E-state index contributed by atoms with van der Waals surface area (Å²) in [5, 5.41) is 8.62. The predicted molar refractivity (Wildman–Crippen MR) is 37.7 cm³/mol. The van der Waals surface area contributed by atoms with Crippen molar-refractivity contribution in [1.29, 1.82) is 0 Å². The van der Waals surface area contributed by atoms with E-state index in [0.717, 1.165) is 6.42 Å². The van der Waals surface area contributed by atoms with Crippen molar-refractivity contribution < 1.29 is 9.90 Å². The van der Waals surface area contributed by atoms with E-state index >= 15 is 0 Å². The van der Waals surface area contributed by atoms with E-state index in [9.17, 15) is 4.79 Å². The van der Waals surface area contributed by atoms with Crippen LogP contribution >= 0.6 is 15.9 Å². The molecule has 0 amide bonds. The zero-order chi connectivity index (χ0) is 7.28. The van der Waals surface area contributed by atoms with Gasteiger partial charge in [-0.25, -0.2) is 0 Å². The molecule has 0 bridgehead atoms. The molecule has 0 radical (unpaired) electrons. The Morgan fingerprint density at radius 1 is 1.67 bits per heavy atom. The summed E-state index contributed by atoms with van der Waals surface area (Å²) in [6, 6.07) is 0. The maximum atomic E-state index is 10.5. The lowest BCUT2D eigenvalue weighted by Crippen LogP contribution is -2.17. The number of carboxylic acid groups (broad SMARTS) is 1. The quantitative estimate of drug-likeness (QED) is 0.642. The molecule has 52 valence electrons. The molecule has 0 unspecified atom stereocenters. The zero-order valence-electron chi connectivity index (χ0n) is 5.44. The van der Waals surface area contributed by atoms with Crippen molar-refractivity contribution in [1.82, 2.24) is 0 Å². The molecule has 0 aromatic heterocycles. The van der Waals surface area contributed by atoms with E-state index in [2.05, 4.69) is 15.9 Å². The summed E-state index contributed by atoms with van der Waals surface area (Å²) < 4.78 is -0.161. The number of hydrogen-bond acceptors (Lipinski definition) is 1. The van der Waals surface area contributed by atoms with Gasteiger partial charge in [-0.1, -0.05) is 15.9 Å². The van der Waals surface area contributed by atoms with Gasteiger partial charge in [0.15, 0.2) is 0 Å². The van der Waals surface area contributed by atoms with Crippen molar-refractivity contribution >= 4 is 21.9 Å². The van der Waals surface area contributed by atoms with Gasteiger partial charge < -0.3 is 5.11 Å². The van der Waals surface area contributed by atoms with E-state index in [1.54, 1.807) is 6.92 Å². The van der Waals surface area contributed by atoms with E-state index in [4.69, 9.17) is 5.11 Å². The first-order valence-electron chi connectivity index (χ1n) is 2.82. The van der Waals surface area contributed by atoms with E-state index in [-0.39, 0.29) is 4.32 Å². The number of carbonyl (C=O) groups is 1. The van der Waals surface area contributed by atoms with Crippen molar-refractivity contribution in [2.75, 3.05) is 0 Å². The summed E-state index contributed by atoms with van der Waals surface area (Å²) in [4.78, 5) is 10.5. The van der Waals surface area contributed by atoms with Gasteiger partial charge in [0.1, 0.15) is 0 Å². The Bertz CT molecular complexity index is 164. The van der Waals surface area contributed by atoms with Gasteiger partial charge in [-0.2, -0.15) is 0 Å². The molecule has 0 saturated heterocycles. The molecule has 1 N–H and O–H groups in total. The first-order chi connectivity index (χ1) is 3.90. The summed E-state index contributed by atoms with van der Waals surface area (Å²) in [5.41, 5.74) is -0.521. The van der Waals surface area contributed by atoms with Crippen molar-refractivity contribution in [3.05, 3.63) is 0 Å². The average Bonchev–Trinajstić information content (AvgIpc) is 2.08. The molecule has 1 rings (SSSR count). The first kappa shape index (κ1) is 7.06. The fraction of sp³-hybridized carbons (Fsp3) is 0.833. The number of hydrogen-bond donors (Lipinski definition) is 1. The molecule has 0 aromatic carbocycles. The summed E-state index contributed by atoms with van der Waals surface area (Å²) >= 11 is 3.33. The number of halogens is 1. The molecule has 0 spiro atoms. The van der Waals surface area contributed by atoms with E-state index in [1.165, 1.54) is 0 Å². The topological polar surface area (TPSA) is 37.3 Å². The van der Waals surface area contributed by atoms with E-state index in [1.807, 2.05) is 6.92 Å². The van der Waals surface area contributed by atoms with Crippen LogP contribution in [-0.2, 0) is 4.79 Å². The molecule has 1 aliphatic rings. The van der Waals surface area contributed by atoms with Crippen LogP contribution in [0.25, 0.3) is 0 Å². The Balaban J connectivity index is 2.74. The highest BCUT2D eigenvalue weighted by molar-refractivity contribution is 9.10. The van der Waals surface area contributed by atoms with Crippen molar-refractivity contribution in [3.8, 4) is 0 Å². The second kappa shape index (κ2) is 1.51. The van der Waals surface area contributed by atoms with Crippen LogP contribution in [0.15, 0.2) is 0 Å². The molecule has 1 saturated carbocycles. The van der Waals surface area contributed by atoms with Gasteiger partial charge in [0.05, 0.1) is 5.41 Å². The van der Waals surface area contributed by atoms with E-state index < -0.39 is 11.4 Å². The number of aliphatic carboxylic acids is 1. The van der Waals surface area contributed by atoms with Gasteiger partial charge >= 0.3 is 5.97 Å². The molecule has 3 heteroatoms. The minimum absolute atomic E-state index is 0.161. The van der Waals surface area contributed by atoms with E-state index in [0.29, 0.717) is 0 Å². The molecule has 2 nitrogen and oxygen atoms in total. The molecule has 1 aliphatic carbocycles. The third-order valence-corrected chi connectivity index (χ3v) is 3.34. The lowest BCUT2D eigenvalue weighted by Gasteiger charge is -2.05. The van der Waals surface area contributed by atoms with Crippen molar-refractivity contribution in [2.24, 2.45) is 5.41 Å². The number of carboxylic acids is 1. The average molecular weight is 193 g/mol. The highest BCUT2D eigenvalue weighted by Gasteiger charge is 2.65. The zero-order valence-corrected chi connectivity index (χ0v) is 7.03. The maximum Gasteiger partial charge on any atom is 0.310 e. The van der Waals surface area contributed by atoms with Crippen molar-refractivity contribution in [3.63, 3.8) is 0 Å². The predicted octanol–water partition coefficient (Wildman–Crippen LogP) is 1.63. The molecule has 1 fully saturated rings. The van der Waals surface area contributed by atoms with Crippen LogP contribution in [0.4, 0.5) is 0 Å². The fourth-order valence-electron chi connectivity index (χ4n) is 0.918. The Morgan fingerprint density at radius 3 is 2.00 bits per heavy atom. The molecule has 9 heavy (non-hydrogen) atoms. The van der Waals surface area contributed by atoms with Crippen molar-refractivity contribution in [2.45, 2.75) is 24.6 Å². The van der Waals surface area contributed by atoms with Crippen LogP contribution in [0.2, 0.25) is 0 Å². The largest absolute Gasteiger partial charge is 0.481 e. The third kappa shape index (κ3) is 0.784. The van der Waals surface area contributed by atoms with Crippen LogP contribution in [0.1, 0.15) is 20.3 Å². The summed E-state index contributed by atoms with van der Waals surface area (Å²) in [5.74, 6) is -0.707. The number of alkyl halides is 1.